The summed E-state index contributed by atoms with van der Waals surface area (Å²) >= 11 is 0. The predicted molar refractivity (Wildman–Crippen MR) is 60.9 cm³/mol. The second-order valence-corrected chi connectivity index (χ2v) is 3.32. The van der Waals surface area contributed by atoms with Crippen LogP contribution in [0.5, 0.6) is 5.75 Å². The van der Waals surface area contributed by atoms with Crippen LogP contribution in [0.25, 0.3) is 0 Å². The van der Waals surface area contributed by atoms with Crippen LogP contribution in [0, 0.1) is 11.8 Å². The van der Waals surface area contributed by atoms with Crippen LogP contribution in [0.3, 0.4) is 0 Å². The zero-order valence-electron chi connectivity index (χ0n) is 9.36. The zero-order chi connectivity index (χ0) is 12.0. The van der Waals surface area contributed by atoms with E-state index in [1.807, 2.05) is 6.07 Å². The topological polar surface area (TPSA) is 46.5 Å². The van der Waals surface area contributed by atoms with Gasteiger partial charge in [-0.2, -0.15) is 0 Å². The van der Waals surface area contributed by atoms with Crippen LogP contribution in [-0.2, 0) is 9.53 Å². The van der Waals surface area contributed by atoms with E-state index in [4.69, 9.17) is 0 Å². The summed E-state index contributed by atoms with van der Waals surface area (Å²) < 4.78 is 4.61. The normalized spacial score (nSPS) is 11.1. The zero-order valence-corrected chi connectivity index (χ0v) is 9.36. The summed E-state index contributed by atoms with van der Waals surface area (Å²) in [7, 11) is 1.35. The SMILES string of the molecule is CC#C[C@@H](CC(=O)OC)c1cccc(O)c1. The molecule has 84 valence electrons. The van der Waals surface area contributed by atoms with Crippen LogP contribution in [0.1, 0.15) is 24.8 Å². The number of aromatic hydroxyl groups is 1. The molecule has 0 aliphatic heterocycles. The molecule has 1 aromatic carbocycles. The minimum Gasteiger partial charge on any atom is -0.508 e. The number of rotatable bonds is 3. The lowest BCUT2D eigenvalue weighted by molar-refractivity contribution is -0.140. The summed E-state index contributed by atoms with van der Waals surface area (Å²) in [6, 6.07) is 6.75. The largest absolute Gasteiger partial charge is 0.508 e. The maximum atomic E-state index is 11.2. The molecule has 1 aromatic rings. The highest BCUT2D eigenvalue weighted by Crippen LogP contribution is 2.22. The van der Waals surface area contributed by atoms with Gasteiger partial charge in [0, 0.05) is 0 Å². The quantitative estimate of drug-likeness (QED) is 0.624. The van der Waals surface area contributed by atoms with E-state index in [9.17, 15) is 9.90 Å². The number of phenols is 1. The van der Waals surface area contributed by atoms with Gasteiger partial charge < -0.3 is 9.84 Å². The molecule has 1 N–H and O–H groups in total. The molecule has 0 spiro atoms. The molecular formula is C13H14O3. The molecule has 0 aliphatic rings. The first-order valence-corrected chi connectivity index (χ1v) is 4.95. The van der Waals surface area contributed by atoms with Gasteiger partial charge in [0.2, 0.25) is 0 Å². The summed E-state index contributed by atoms with van der Waals surface area (Å²) in [6.07, 6.45) is 0.195. The van der Waals surface area contributed by atoms with Crippen molar-refractivity contribution in [2.24, 2.45) is 0 Å². The molecule has 16 heavy (non-hydrogen) atoms. The summed E-state index contributed by atoms with van der Waals surface area (Å²) in [4.78, 5) is 11.2. The Morgan fingerprint density at radius 3 is 2.88 bits per heavy atom. The van der Waals surface area contributed by atoms with Crippen LogP contribution < -0.4 is 0 Å². The van der Waals surface area contributed by atoms with E-state index in [-0.39, 0.29) is 24.1 Å². The predicted octanol–water partition coefficient (Wildman–Crippen LogP) is 2.06. The van der Waals surface area contributed by atoms with Crippen molar-refractivity contribution in [2.45, 2.75) is 19.3 Å². The maximum absolute atomic E-state index is 11.2. The molecule has 3 nitrogen and oxygen atoms in total. The number of hydrogen-bond acceptors (Lipinski definition) is 3. The molecule has 0 aromatic heterocycles. The van der Waals surface area contributed by atoms with Crippen molar-refractivity contribution in [1.82, 2.24) is 0 Å². The average molecular weight is 218 g/mol. The van der Waals surface area contributed by atoms with E-state index >= 15 is 0 Å². The monoisotopic (exact) mass is 218 g/mol. The minimum absolute atomic E-state index is 0.172. The Morgan fingerprint density at radius 1 is 1.56 bits per heavy atom. The van der Waals surface area contributed by atoms with Gasteiger partial charge in [-0.1, -0.05) is 18.1 Å². The molecule has 0 saturated heterocycles. The molecular weight excluding hydrogens is 204 g/mol. The van der Waals surface area contributed by atoms with E-state index in [2.05, 4.69) is 16.6 Å². The average Bonchev–Trinajstić information content (AvgIpc) is 2.28. The minimum atomic E-state index is -0.309. The Balaban J connectivity index is 2.92. The van der Waals surface area contributed by atoms with E-state index < -0.39 is 0 Å². The number of benzene rings is 1. The summed E-state index contributed by atoms with van der Waals surface area (Å²) in [5, 5.41) is 9.36. The molecule has 1 rings (SSSR count). The first-order valence-electron chi connectivity index (χ1n) is 4.95. The van der Waals surface area contributed by atoms with Gasteiger partial charge in [-0.15, -0.1) is 5.92 Å². The van der Waals surface area contributed by atoms with Crippen molar-refractivity contribution in [3.8, 4) is 17.6 Å². The molecule has 0 fully saturated rings. The molecule has 0 amide bonds. The van der Waals surface area contributed by atoms with Crippen molar-refractivity contribution in [1.29, 1.82) is 0 Å². The summed E-state index contributed by atoms with van der Waals surface area (Å²) in [5.41, 5.74) is 0.819. The van der Waals surface area contributed by atoms with Gasteiger partial charge in [-0.05, 0) is 24.6 Å². The van der Waals surface area contributed by atoms with Crippen LogP contribution in [0.15, 0.2) is 24.3 Å². The lowest BCUT2D eigenvalue weighted by Crippen LogP contribution is -2.07. The molecule has 0 radical (unpaired) electrons. The highest BCUT2D eigenvalue weighted by Gasteiger charge is 2.14. The fourth-order valence-electron chi connectivity index (χ4n) is 1.42. The second-order valence-electron chi connectivity index (χ2n) is 3.32. The van der Waals surface area contributed by atoms with Crippen molar-refractivity contribution in [2.75, 3.05) is 7.11 Å². The number of hydrogen-bond donors (Lipinski definition) is 1. The number of carbonyl (C=O) groups excluding carboxylic acids is 1. The highest BCUT2D eigenvalue weighted by atomic mass is 16.5. The third-order valence-electron chi connectivity index (χ3n) is 2.19. The fraction of sp³-hybridized carbons (Fsp3) is 0.308. The molecule has 0 unspecified atom stereocenters. The number of carbonyl (C=O) groups is 1. The Kier molecular flexibility index (Phi) is 4.41. The number of ether oxygens (including phenoxy) is 1. The summed E-state index contributed by atoms with van der Waals surface area (Å²) in [6.45, 7) is 1.72. The van der Waals surface area contributed by atoms with Crippen molar-refractivity contribution in [3.63, 3.8) is 0 Å². The van der Waals surface area contributed by atoms with Gasteiger partial charge in [0.1, 0.15) is 5.75 Å². The Hall–Kier alpha value is -1.95. The van der Waals surface area contributed by atoms with Gasteiger partial charge in [0.15, 0.2) is 0 Å². The lowest BCUT2D eigenvalue weighted by atomic mass is 9.96. The molecule has 1 atom stereocenters. The number of esters is 1. The van der Waals surface area contributed by atoms with Gasteiger partial charge in [0.25, 0.3) is 0 Å². The smallest absolute Gasteiger partial charge is 0.307 e. The first-order chi connectivity index (χ1) is 7.67. The lowest BCUT2D eigenvalue weighted by Gasteiger charge is -2.09. The van der Waals surface area contributed by atoms with Crippen LogP contribution in [0.2, 0.25) is 0 Å². The van der Waals surface area contributed by atoms with Crippen LogP contribution >= 0.6 is 0 Å². The fourth-order valence-corrected chi connectivity index (χ4v) is 1.42. The van der Waals surface area contributed by atoms with Crippen molar-refractivity contribution < 1.29 is 14.6 Å². The van der Waals surface area contributed by atoms with E-state index in [1.165, 1.54) is 7.11 Å². The Labute approximate surface area is 95.1 Å². The molecule has 0 bridgehead atoms. The molecule has 0 heterocycles. The highest BCUT2D eigenvalue weighted by molar-refractivity contribution is 5.71. The van der Waals surface area contributed by atoms with Gasteiger partial charge >= 0.3 is 5.97 Å². The second kappa shape index (κ2) is 5.82. The number of phenolic OH excluding ortho intramolecular Hbond substituents is 1. The Morgan fingerprint density at radius 2 is 2.31 bits per heavy atom. The third-order valence-corrected chi connectivity index (χ3v) is 2.19. The van der Waals surface area contributed by atoms with Crippen molar-refractivity contribution in [3.05, 3.63) is 29.8 Å². The summed E-state index contributed by atoms with van der Waals surface area (Å²) in [5.74, 6) is 5.34. The molecule has 0 aliphatic carbocycles. The third kappa shape index (κ3) is 3.32. The Bertz CT molecular complexity index is 426. The van der Waals surface area contributed by atoms with E-state index in [1.54, 1.807) is 25.1 Å². The van der Waals surface area contributed by atoms with Crippen molar-refractivity contribution >= 4 is 5.97 Å². The van der Waals surface area contributed by atoms with Crippen LogP contribution in [0.4, 0.5) is 0 Å². The van der Waals surface area contributed by atoms with E-state index in [0.29, 0.717) is 0 Å². The van der Waals surface area contributed by atoms with Gasteiger partial charge in [-0.3, -0.25) is 4.79 Å². The first kappa shape index (κ1) is 12.1. The molecule has 0 saturated carbocycles. The standard InChI is InChI=1S/C13H14O3/c1-3-5-10(9-13(15)16-2)11-6-4-7-12(14)8-11/h4,6-8,10,14H,9H2,1-2H3/t10-/m0/s1. The number of methoxy groups -OCH3 is 1. The molecule has 3 heteroatoms. The van der Waals surface area contributed by atoms with Crippen LogP contribution in [-0.4, -0.2) is 18.2 Å². The maximum Gasteiger partial charge on any atom is 0.307 e. The van der Waals surface area contributed by atoms with Gasteiger partial charge in [-0.25, -0.2) is 0 Å². The van der Waals surface area contributed by atoms with Gasteiger partial charge in [0.05, 0.1) is 19.4 Å². The van der Waals surface area contributed by atoms with E-state index in [0.717, 1.165) is 5.56 Å².